The summed E-state index contributed by atoms with van der Waals surface area (Å²) in [6.07, 6.45) is 1.58. The Morgan fingerprint density at radius 2 is 2.36 bits per heavy atom. The monoisotopic (exact) mass is 150 g/mol. The molecule has 0 aliphatic rings. The number of nitrogen functional groups attached to an aromatic ring is 1. The molecular weight excluding hydrogens is 140 g/mol. The number of nitrogens with two attached hydrogens (primary N) is 1. The zero-order valence-electron chi connectivity index (χ0n) is 6.57. The van der Waals surface area contributed by atoms with Crippen LogP contribution in [0.5, 0.6) is 0 Å². The molecule has 1 heterocycles. The van der Waals surface area contributed by atoms with E-state index in [1.54, 1.807) is 10.9 Å². The number of aromatic nitrogens is 2. The molecule has 0 aliphatic heterocycles. The van der Waals surface area contributed by atoms with E-state index >= 15 is 0 Å². The quantitative estimate of drug-likeness (QED) is 0.647. The van der Waals surface area contributed by atoms with Crippen LogP contribution in [0.1, 0.15) is 25.6 Å². The molecule has 1 aromatic rings. The fraction of sp³-hybridized carbons (Fsp3) is 0.429. The van der Waals surface area contributed by atoms with Crippen LogP contribution in [0.2, 0.25) is 0 Å². The molecular formula is C7H10N4. The molecule has 4 nitrogen and oxygen atoms in total. The smallest absolute Gasteiger partial charge is 0.182 e. The van der Waals surface area contributed by atoms with Crippen molar-refractivity contribution in [3.05, 3.63) is 12.0 Å². The van der Waals surface area contributed by atoms with Gasteiger partial charge in [0, 0.05) is 6.04 Å². The second-order valence-corrected chi connectivity index (χ2v) is 2.59. The highest BCUT2D eigenvalue weighted by atomic mass is 15.1. The minimum Gasteiger partial charge on any atom is -0.383 e. The van der Waals surface area contributed by atoms with Crippen LogP contribution in [0.4, 0.5) is 5.82 Å². The minimum atomic E-state index is 0.254. The predicted molar refractivity (Wildman–Crippen MR) is 41.7 cm³/mol. The first-order chi connectivity index (χ1) is 5.16. The van der Waals surface area contributed by atoms with Gasteiger partial charge in [0.15, 0.2) is 5.69 Å². The van der Waals surface area contributed by atoms with E-state index in [9.17, 15) is 0 Å². The van der Waals surface area contributed by atoms with E-state index in [-0.39, 0.29) is 6.04 Å². The molecule has 0 aliphatic carbocycles. The molecule has 0 atom stereocenters. The average molecular weight is 150 g/mol. The highest BCUT2D eigenvalue weighted by molar-refractivity contribution is 5.44. The van der Waals surface area contributed by atoms with E-state index < -0.39 is 0 Å². The number of imidazole rings is 1. The highest BCUT2D eigenvalue weighted by Crippen LogP contribution is 2.14. The molecule has 1 rings (SSSR count). The van der Waals surface area contributed by atoms with Gasteiger partial charge in [0.1, 0.15) is 11.9 Å². The van der Waals surface area contributed by atoms with Crippen LogP contribution in [0.3, 0.4) is 0 Å². The van der Waals surface area contributed by atoms with Gasteiger partial charge in [-0.05, 0) is 13.8 Å². The van der Waals surface area contributed by atoms with Crippen molar-refractivity contribution >= 4 is 5.82 Å². The normalized spacial score (nSPS) is 10.0. The zero-order chi connectivity index (χ0) is 8.43. The maximum absolute atomic E-state index is 8.51. The lowest BCUT2D eigenvalue weighted by atomic mass is 10.4. The van der Waals surface area contributed by atoms with Crippen LogP contribution in [0.15, 0.2) is 6.33 Å². The van der Waals surface area contributed by atoms with Crippen LogP contribution in [-0.2, 0) is 0 Å². The van der Waals surface area contributed by atoms with Gasteiger partial charge in [-0.25, -0.2) is 4.98 Å². The molecule has 0 saturated heterocycles. The summed E-state index contributed by atoms with van der Waals surface area (Å²) in [4.78, 5) is 3.83. The van der Waals surface area contributed by atoms with E-state index in [0.29, 0.717) is 11.5 Å². The maximum Gasteiger partial charge on any atom is 0.182 e. The van der Waals surface area contributed by atoms with Crippen molar-refractivity contribution in [2.45, 2.75) is 19.9 Å². The summed E-state index contributed by atoms with van der Waals surface area (Å²) in [6, 6.07) is 2.17. The second kappa shape index (κ2) is 2.62. The standard InChI is InChI=1S/C7H10N4/c1-5(2)11-4-10-6(3-8)7(11)9/h4-5H,9H2,1-2H3. The van der Waals surface area contributed by atoms with Crippen LogP contribution >= 0.6 is 0 Å². The van der Waals surface area contributed by atoms with Gasteiger partial charge in [0.25, 0.3) is 0 Å². The summed E-state index contributed by atoms with van der Waals surface area (Å²) < 4.78 is 1.76. The molecule has 0 fully saturated rings. The van der Waals surface area contributed by atoms with Gasteiger partial charge < -0.3 is 10.3 Å². The molecule has 0 aromatic carbocycles. The highest BCUT2D eigenvalue weighted by Gasteiger charge is 2.07. The minimum absolute atomic E-state index is 0.254. The number of nitriles is 1. The van der Waals surface area contributed by atoms with Gasteiger partial charge >= 0.3 is 0 Å². The van der Waals surface area contributed by atoms with Gasteiger partial charge in [-0.15, -0.1) is 0 Å². The lowest BCUT2D eigenvalue weighted by molar-refractivity contribution is 0.607. The van der Waals surface area contributed by atoms with Gasteiger partial charge in [-0.1, -0.05) is 0 Å². The number of anilines is 1. The summed E-state index contributed by atoms with van der Waals surface area (Å²) in [7, 11) is 0. The van der Waals surface area contributed by atoms with Crippen LogP contribution in [-0.4, -0.2) is 9.55 Å². The Balaban J connectivity index is 3.13. The Morgan fingerprint density at radius 1 is 1.73 bits per heavy atom. The van der Waals surface area contributed by atoms with Crippen molar-refractivity contribution in [2.24, 2.45) is 0 Å². The fourth-order valence-electron chi connectivity index (χ4n) is 0.868. The van der Waals surface area contributed by atoms with Crippen LogP contribution < -0.4 is 5.73 Å². The SMILES string of the molecule is CC(C)n1cnc(C#N)c1N. The van der Waals surface area contributed by atoms with Crippen molar-refractivity contribution in [1.29, 1.82) is 5.26 Å². The number of hydrogen-bond acceptors (Lipinski definition) is 3. The second-order valence-electron chi connectivity index (χ2n) is 2.59. The average Bonchev–Trinajstić information content (AvgIpc) is 2.30. The Labute approximate surface area is 65.3 Å². The summed E-state index contributed by atoms with van der Waals surface area (Å²) in [6.45, 7) is 3.97. The van der Waals surface area contributed by atoms with Crippen molar-refractivity contribution < 1.29 is 0 Å². The Kier molecular flexibility index (Phi) is 1.81. The summed E-state index contributed by atoms with van der Waals surface area (Å²) in [5.41, 5.74) is 5.90. The predicted octanol–water partition coefficient (Wildman–Crippen LogP) is 0.918. The third-order valence-electron chi connectivity index (χ3n) is 1.49. The first-order valence-corrected chi connectivity index (χ1v) is 3.39. The van der Waals surface area contributed by atoms with Crippen molar-refractivity contribution in [3.8, 4) is 6.07 Å². The summed E-state index contributed by atoms with van der Waals surface area (Å²) in [5, 5.41) is 8.51. The molecule has 0 unspecified atom stereocenters. The van der Waals surface area contributed by atoms with E-state index in [1.165, 1.54) is 0 Å². The Bertz CT molecular complexity index is 292. The fourth-order valence-corrected chi connectivity index (χ4v) is 0.868. The van der Waals surface area contributed by atoms with E-state index in [0.717, 1.165) is 0 Å². The molecule has 11 heavy (non-hydrogen) atoms. The zero-order valence-corrected chi connectivity index (χ0v) is 6.57. The van der Waals surface area contributed by atoms with Gasteiger partial charge in [0.2, 0.25) is 0 Å². The van der Waals surface area contributed by atoms with Gasteiger partial charge in [-0.2, -0.15) is 5.26 Å². The van der Waals surface area contributed by atoms with Crippen molar-refractivity contribution in [3.63, 3.8) is 0 Å². The molecule has 0 radical (unpaired) electrons. The van der Waals surface area contributed by atoms with Gasteiger partial charge in [0.05, 0.1) is 6.33 Å². The number of nitrogens with zero attached hydrogens (tertiary/aromatic N) is 3. The lowest BCUT2D eigenvalue weighted by Crippen LogP contribution is -2.04. The Morgan fingerprint density at radius 3 is 2.64 bits per heavy atom. The largest absolute Gasteiger partial charge is 0.383 e. The van der Waals surface area contributed by atoms with Crippen molar-refractivity contribution in [1.82, 2.24) is 9.55 Å². The van der Waals surface area contributed by atoms with Crippen LogP contribution in [0.25, 0.3) is 0 Å². The molecule has 4 heteroatoms. The number of rotatable bonds is 1. The molecule has 0 saturated carbocycles. The van der Waals surface area contributed by atoms with E-state index in [1.807, 2.05) is 19.9 Å². The molecule has 58 valence electrons. The summed E-state index contributed by atoms with van der Waals surface area (Å²) in [5.74, 6) is 0.447. The maximum atomic E-state index is 8.51. The third-order valence-corrected chi connectivity index (χ3v) is 1.49. The molecule has 2 N–H and O–H groups in total. The van der Waals surface area contributed by atoms with Crippen LogP contribution in [0, 0.1) is 11.3 Å². The lowest BCUT2D eigenvalue weighted by Gasteiger charge is -2.07. The molecule has 1 aromatic heterocycles. The number of hydrogen-bond donors (Lipinski definition) is 1. The van der Waals surface area contributed by atoms with E-state index in [2.05, 4.69) is 4.98 Å². The molecule has 0 amide bonds. The first-order valence-electron chi connectivity index (χ1n) is 3.39. The van der Waals surface area contributed by atoms with E-state index in [4.69, 9.17) is 11.0 Å². The van der Waals surface area contributed by atoms with Crippen molar-refractivity contribution in [2.75, 3.05) is 5.73 Å². The topological polar surface area (TPSA) is 67.6 Å². The molecule has 0 spiro atoms. The first kappa shape index (κ1) is 7.61. The molecule has 0 bridgehead atoms. The third kappa shape index (κ3) is 1.17. The Hall–Kier alpha value is -1.50. The van der Waals surface area contributed by atoms with Gasteiger partial charge in [-0.3, -0.25) is 0 Å². The summed E-state index contributed by atoms with van der Waals surface area (Å²) >= 11 is 0.